The van der Waals surface area contributed by atoms with Crippen LogP contribution in [0.25, 0.3) is 0 Å². The third kappa shape index (κ3) is 6.04. The summed E-state index contributed by atoms with van der Waals surface area (Å²) in [7, 11) is 0. The first-order valence-electron chi connectivity index (χ1n) is 8.42. The Balaban J connectivity index is 1.91. The van der Waals surface area contributed by atoms with Gasteiger partial charge in [-0.3, -0.25) is 14.5 Å². The van der Waals surface area contributed by atoms with Crippen molar-refractivity contribution in [2.45, 2.75) is 27.3 Å². The molecule has 0 aromatic heterocycles. The molecule has 25 heavy (non-hydrogen) atoms. The van der Waals surface area contributed by atoms with Crippen molar-refractivity contribution in [2.75, 3.05) is 23.7 Å². The lowest BCUT2D eigenvalue weighted by atomic mass is 10.1. The Bertz CT molecular complexity index is 726. The molecule has 0 unspecified atom stereocenters. The fourth-order valence-electron chi connectivity index (χ4n) is 2.55. The second kappa shape index (κ2) is 8.99. The van der Waals surface area contributed by atoms with Crippen LogP contribution < -0.4 is 10.6 Å². The molecule has 0 saturated heterocycles. The van der Waals surface area contributed by atoms with Crippen LogP contribution in [0, 0.1) is 6.92 Å². The molecule has 0 atom stereocenters. The van der Waals surface area contributed by atoms with Crippen LogP contribution in [0.15, 0.2) is 48.5 Å². The van der Waals surface area contributed by atoms with Crippen LogP contribution in [0.3, 0.4) is 0 Å². The molecular weight excluding hydrogens is 314 g/mol. The number of benzene rings is 2. The summed E-state index contributed by atoms with van der Waals surface area (Å²) in [6, 6.07) is 15.3. The van der Waals surface area contributed by atoms with Crippen molar-refractivity contribution < 1.29 is 9.59 Å². The SMILES string of the molecule is CCN(CC(=O)Nc1ccc(NC(C)=O)cc1)Cc1ccccc1C. The molecule has 2 amide bonds. The number of amides is 2. The molecule has 0 spiro atoms. The molecule has 2 N–H and O–H groups in total. The predicted molar refractivity (Wildman–Crippen MR) is 102 cm³/mol. The van der Waals surface area contributed by atoms with E-state index in [2.05, 4.69) is 34.6 Å². The maximum Gasteiger partial charge on any atom is 0.238 e. The van der Waals surface area contributed by atoms with Crippen molar-refractivity contribution in [3.8, 4) is 0 Å². The smallest absolute Gasteiger partial charge is 0.238 e. The molecule has 2 aromatic rings. The highest BCUT2D eigenvalue weighted by Gasteiger charge is 2.11. The van der Waals surface area contributed by atoms with Gasteiger partial charge in [0, 0.05) is 24.8 Å². The summed E-state index contributed by atoms with van der Waals surface area (Å²) in [5.41, 5.74) is 3.89. The fraction of sp³-hybridized carbons (Fsp3) is 0.300. The summed E-state index contributed by atoms with van der Waals surface area (Å²) in [6.45, 7) is 7.47. The molecule has 0 bridgehead atoms. The number of anilines is 2. The van der Waals surface area contributed by atoms with E-state index in [0.29, 0.717) is 17.9 Å². The maximum atomic E-state index is 12.3. The Morgan fingerprint density at radius 1 is 0.960 bits per heavy atom. The number of nitrogens with zero attached hydrogens (tertiary/aromatic N) is 1. The van der Waals surface area contributed by atoms with Crippen LogP contribution in [-0.2, 0) is 16.1 Å². The Hall–Kier alpha value is -2.66. The lowest BCUT2D eigenvalue weighted by molar-refractivity contribution is -0.117. The number of aryl methyl sites for hydroxylation is 1. The van der Waals surface area contributed by atoms with Crippen LogP contribution in [0.4, 0.5) is 11.4 Å². The zero-order valence-electron chi connectivity index (χ0n) is 15.0. The molecule has 0 aliphatic heterocycles. The largest absolute Gasteiger partial charge is 0.326 e. The Morgan fingerprint density at radius 3 is 2.12 bits per heavy atom. The number of hydrogen-bond donors (Lipinski definition) is 2. The van der Waals surface area contributed by atoms with Crippen molar-refractivity contribution in [3.63, 3.8) is 0 Å². The van der Waals surface area contributed by atoms with E-state index in [0.717, 1.165) is 13.1 Å². The number of carbonyl (C=O) groups excluding carboxylic acids is 2. The number of hydrogen-bond acceptors (Lipinski definition) is 3. The third-order valence-electron chi connectivity index (χ3n) is 3.96. The second-order valence-electron chi connectivity index (χ2n) is 6.04. The quantitative estimate of drug-likeness (QED) is 0.812. The molecule has 2 aromatic carbocycles. The number of carbonyl (C=O) groups is 2. The van der Waals surface area contributed by atoms with E-state index in [9.17, 15) is 9.59 Å². The molecule has 0 radical (unpaired) electrons. The van der Waals surface area contributed by atoms with Gasteiger partial charge in [-0.15, -0.1) is 0 Å². The Labute approximate surface area is 149 Å². The number of likely N-dealkylation sites (N-methyl/N-ethyl adjacent to an activating group) is 1. The van der Waals surface area contributed by atoms with Crippen LogP contribution >= 0.6 is 0 Å². The highest BCUT2D eigenvalue weighted by molar-refractivity contribution is 5.93. The lowest BCUT2D eigenvalue weighted by Crippen LogP contribution is -2.33. The summed E-state index contributed by atoms with van der Waals surface area (Å²) in [4.78, 5) is 25.4. The van der Waals surface area contributed by atoms with Gasteiger partial charge in [-0.05, 0) is 48.9 Å². The van der Waals surface area contributed by atoms with Crippen LogP contribution in [0.1, 0.15) is 25.0 Å². The van der Waals surface area contributed by atoms with Crippen molar-refractivity contribution in [1.29, 1.82) is 0 Å². The molecular formula is C20H25N3O2. The van der Waals surface area contributed by atoms with Crippen LogP contribution in [0.2, 0.25) is 0 Å². The van der Waals surface area contributed by atoms with Crippen molar-refractivity contribution >= 4 is 23.2 Å². The summed E-state index contributed by atoms with van der Waals surface area (Å²) in [5.74, 6) is -0.172. The summed E-state index contributed by atoms with van der Waals surface area (Å²) >= 11 is 0. The van der Waals surface area contributed by atoms with Gasteiger partial charge in [0.2, 0.25) is 11.8 Å². The summed E-state index contributed by atoms with van der Waals surface area (Å²) in [6.07, 6.45) is 0. The highest BCUT2D eigenvalue weighted by Crippen LogP contribution is 2.14. The number of nitrogens with one attached hydrogen (secondary N) is 2. The van der Waals surface area contributed by atoms with Gasteiger partial charge in [-0.25, -0.2) is 0 Å². The maximum absolute atomic E-state index is 12.3. The topological polar surface area (TPSA) is 61.4 Å². The van der Waals surface area contributed by atoms with Crippen molar-refractivity contribution in [1.82, 2.24) is 4.90 Å². The molecule has 5 heteroatoms. The average Bonchev–Trinajstić information content (AvgIpc) is 2.57. The van der Waals surface area contributed by atoms with Crippen LogP contribution in [-0.4, -0.2) is 29.8 Å². The monoisotopic (exact) mass is 339 g/mol. The van der Waals surface area contributed by atoms with Crippen LogP contribution in [0.5, 0.6) is 0 Å². The van der Waals surface area contributed by atoms with E-state index in [-0.39, 0.29) is 11.8 Å². The lowest BCUT2D eigenvalue weighted by Gasteiger charge is -2.21. The van der Waals surface area contributed by atoms with Crippen molar-refractivity contribution in [2.24, 2.45) is 0 Å². The molecule has 0 aliphatic rings. The van der Waals surface area contributed by atoms with Gasteiger partial charge in [0.1, 0.15) is 0 Å². The molecule has 5 nitrogen and oxygen atoms in total. The van der Waals surface area contributed by atoms with E-state index in [1.54, 1.807) is 24.3 Å². The highest BCUT2D eigenvalue weighted by atomic mass is 16.2. The predicted octanol–water partition coefficient (Wildman–Crippen LogP) is 3.41. The standard InChI is InChI=1S/C20H25N3O2/c1-4-23(13-17-8-6-5-7-15(17)2)14-20(25)22-19-11-9-18(10-12-19)21-16(3)24/h5-12H,4,13-14H2,1-3H3,(H,21,24)(H,22,25). The Kier molecular flexibility index (Phi) is 6.71. The second-order valence-corrected chi connectivity index (χ2v) is 6.04. The zero-order chi connectivity index (χ0) is 18.2. The van der Waals surface area contributed by atoms with Gasteiger partial charge < -0.3 is 10.6 Å². The van der Waals surface area contributed by atoms with Gasteiger partial charge >= 0.3 is 0 Å². The first-order valence-corrected chi connectivity index (χ1v) is 8.42. The minimum absolute atomic E-state index is 0.0530. The normalized spacial score (nSPS) is 10.6. The van der Waals surface area contributed by atoms with Gasteiger partial charge in [-0.2, -0.15) is 0 Å². The summed E-state index contributed by atoms with van der Waals surface area (Å²) in [5, 5.41) is 5.59. The van der Waals surface area contributed by atoms with E-state index in [1.807, 2.05) is 19.1 Å². The summed E-state index contributed by atoms with van der Waals surface area (Å²) < 4.78 is 0. The minimum atomic E-state index is -0.119. The fourth-order valence-corrected chi connectivity index (χ4v) is 2.55. The minimum Gasteiger partial charge on any atom is -0.326 e. The van der Waals surface area contributed by atoms with Gasteiger partial charge in [-0.1, -0.05) is 31.2 Å². The Morgan fingerprint density at radius 2 is 1.56 bits per heavy atom. The van der Waals surface area contributed by atoms with E-state index in [1.165, 1.54) is 18.1 Å². The molecule has 132 valence electrons. The third-order valence-corrected chi connectivity index (χ3v) is 3.96. The van der Waals surface area contributed by atoms with Gasteiger partial charge in [0.15, 0.2) is 0 Å². The van der Waals surface area contributed by atoms with E-state index in [4.69, 9.17) is 0 Å². The zero-order valence-corrected chi connectivity index (χ0v) is 15.0. The van der Waals surface area contributed by atoms with E-state index >= 15 is 0 Å². The molecule has 0 aliphatic carbocycles. The molecule has 0 heterocycles. The molecule has 2 rings (SSSR count). The van der Waals surface area contributed by atoms with Gasteiger partial charge in [0.05, 0.1) is 6.54 Å². The van der Waals surface area contributed by atoms with Gasteiger partial charge in [0.25, 0.3) is 0 Å². The average molecular weight is 339 g/mol. The molecule has 0 fully saturated rings. The van der Waals surface area contributed by atoms with E-state index < -0.39 is 0 Å². The van der Waals surface area contributed by atoms with Crippen molar-refractivity contribution in [3.05, 3.63) is 59.7 Å². The first kappa shape index (κ1) is 18.7. The first-order chi connectivity index (χ1) is 12.0. The number of rotatable bonds is 7. The molecule has 0 saturated carbocycles.